The molecule has 2 heterocycles. The summed E-state index contributed by atoms with van der Waals surface area (Å²) >= 11 is 0. The minimum atomic E-state index is -0.329. The first kappa shape index (κ1) is 18.9. The third kappa shape index (κ3) is 4.26. The third-order valence-corrected chi connectivity index (χ3v) is 3.89. The van der Waals surface area contributed by atoms with E-state index in [1.165, 1.54) is 14.2 Å². The molecule has 0 saturated heterocycles. The molecule has 9 nitrogen and oxygen atoms in total. The zero-order valence-corrected chi connectivity index (χ0v) is 15.4. The minimum Gasteiger partial charge on any atom is -0.481 e. The fourth-order valence-corrected chi connectivity index (χ4v) is 2.50. The molecule has 0 spiro atoms. The van der Waals surface area contributed by atoms with Gasteiger partial charge < -0.3 is 25.5 Å². The van der Waals surface area contributed by atoms with Crippen LogP contribution in [0.4, 0.5) is 5.95 Å². The van der Waals surface area contributed by atoms with Gasteiger partial charge in [-0.3, -0.25) is 9.59 Å². The van der Waals surface area contributed by atoms with Crippen LogP contribution in [0.25, 0.3) is 11.3 Å². The summed E-state index contributed by atoms with van der Waals surface area (Å²) in [5.41, 5.74) is 7.37. The fourth-order valence-electron chi connectivity index (χ4n) is 2.50. The van der Waals surface area contributed by atoms with E-state index in [0.29, 0.717) is 28.5 Å². The van der Waals surface area contributed by atoms with E-state index < -0.39 is 0 Å². The maximum Gasteiger partial charge on any atom is 0.286 e. The van der Waals surface area contributed by atoms with Gasteiger partial charge in [-0.25, -0.2) is 4.98 Å². The molecule has 0 atom stereocenters. The van der Waals surface area contributed by atoms with Gasteiger partial charge in [-0.1, -0.05) is 12.1 Å². The summed E-state index contributed by atoms with van der Waals surface area (Å²) in [5, 5.41) is 5.22. The smallest absolute Gasteiger partial charge is 0.286 e. The second-order valence-corrected chi connectivity index (χ2v) is 5.76. The van der Waals surface area contributed by atoms with Gasteiger partial charge in [0.2, 0.25) is 11.8 Å². The van der Waals surface area contributed by atoms with Crippen molar-refractivity contribution in [3.63, 3.8) is 0 Å². The number of furan rings is 1. The Labute approximate surface area is 160 Å². The second-order valence-electron chi connectivity index (χ2n) is 5.76. The van der Waals surface area contributed by atoms with Crippen molar-refractivity contribution < 1.29 is 18.7 Å². The number of hydrogen-bond acceptors (Lipinski definition) is 7. The van der Waals surface area contributed by atoms with Crippen molar-refractivity contribution in [1.29, 1.82) is 0 Å². The van der Waals surface area contributed by atoms with Crippen LogP contribution in [0.5, 0.6) is 5.88 Å². The van der Waals surface area contributed by atoms with E-state index in [-0.39, 0.29) is 30.1 Å². The highest BCUT2D eigenvalue weighted by atomic mass is 16.5. The molecule has 0 fully saturated rings. The lowest BCUT2D eigenvalue weighted by molar-refractivity contribution is 0.0933. The van der Waals surface area contributed by atoms with E-state index in [4.69, 9.17) is 14.9 Å². The maximum absolute atomic E-state index is 12.5. The fraction of sp³-hybridized carbons (Fsp3) is 0.158. The summed E-state index contributed by atoms with van der Waals surface area (Å²) in [5.74, 6) is 0.440. The summed E-state index contributed by atoms with van der Waals surface area (Å²) in [7, 11) is 3.00. The lowest BCUT2D eigenvalue weighted by Gasteiger charge is -2.07. The van der Waals surface area contributed by atoms with E-state index >= 15 is 0 Å². The summed E-state index contributed by atoms with van der Waals surface area (Å²) < 4.78 is 10.5. The van der Waals surface area contributed by atoms with Crippen molar-refractivity contribution in [2.75, 3.05) is 19.9 Å². The number of aromatic nitrogens is 2. The first-order valence-electron chi connectivity index (χ1n) is 8.38. The molecule has 0 saturated carbocycles. The molecule has 9 heteroatoms. The van der Waals surface area contributed by atoms with Gasteiger partial charge in [0, 0.05) is 24.2 Å². The zero-order valence-electron chi connectivity index (χ0n) is 15.4. The van der Waals surface area contributed by atoms with Crippen molar-refractivity contribution in [2.24, 2.45) is 0 Å². The molecule has 0 aliphatic heterocycles. The first-order chi connectivity index (χ1) is 13.5. The van der Waals surface area contributed by atoms with Crippen LogP contribution in [0.2, 0.25) is 0 Å². The van der Waals surface area contributed by atoms with E-state index in [1.54, 1.807) is 42.5 Å². The van der Waals surface area contributed by atoms with E-state index in [0.717, 1.165) is 0 Å². The molecule has 2 aromatic heterocycles. The Bertz CT molecular complexity index is 1020. The molecule has 3 rings (SSSR count). The Kier molecular flexibility index (Phi) is 5.54. The number of carbonyl (C=O) groups is 2. The molecule has 0 bridgehead atoms. The Morgan fingerprint density at radius 3 is 2.71 bits per heavy atom. The van der Waals surface area contributed by atoms with Gasteiger partial charge in [0.25, 0.3) is 11.8 Å². The molecule has 28 heavy (non-hydrogen) atoms. The SMILES string of the molecule is CNC(=O)c1ccc(CNC(=O)c2cccc(-c3cc(OC)nc(N)n3)c2)o1. The number of anilines is 1. The molecular formula is C19H19N5O4. The molecule has 0 aliphatic carbocycles. The number of nitrogens with two attached hydrogens (primary N) is 1. The van der Waals surface area contributed by atoms with E-state index in [2.05, 4.69) is 20.6 Å². The third-order valence-electron chi connectivity index (χ3n) is 3.89. The molecule has 4 N–H and O–H groups in total. The molecule has 0 unspecified atom stereocenters. The molecule has 0 aliphatic rings. The standard InChI is InChI=1S/C19H19N5O4/c1-21-18(26)15-7-6-13(28-15)10-22-17(25)12-5-3-4-11(8-12)14-9-16(27-2)24-19(20)23-14/h3-9H,10H2,1-2H3,(H,21,26)(H,22,25)(H2,20,23,24). The molecule has 144 valence electrons. The van der Waals surface area contributed by atoms with Crippen LogP contribution < -0.4 is 21.1 Å². The van der Waals surface area contributed by atoms with Gasteiger partial charge in [0.1, 0.15) is 5.76 Å². The van der Waals surface area contributed by atoms with Crippen LogP contribution in [0, 0.1) is 0 Å². The highest BCUT2D eigenvalue weighted by Crippen LogP contribution is 2.22. The van der Waals surface area contributed by atoms with Crippen LogP contribution in [-0.2, 0) is 6.54 Å². The lowest BCUT2D eigenvalue weighted by atomic mass is 10.1. The largest absolute Gasteiger partial charge is 0.481 e. The number of rotatable bonds is 6. The topological polar surface area (TPSA) is 132 Å². The Balaban J connectivity index is 1.73. The molecule has 0 radical (unpaired) electrons. The van der Waals surface area contributed by atoms with Crippen LogP contribution in [0.3, 0.4) is 0 Å². The molecule has 3 aromatic rings. The van der Waals surface area contributed by atoms with Crippen molar-refractivity contribution in [1.82, 2.24) is 20.6 Å². The molecular weight excluding hydrogens is 362 g/mol. The summed E-state index contributed by atoms with van der Waals surface area (Å²) in [6.45, 7) is 0.147. The average molecular weight is 381 g/mol. The van der Waals surface area contributed by atoms with Crippen LogP contribution >= 0.6 is 0 Å². The van der Waals surface area contributed by atoms with E-state index in [1.807, 2.05) is 0 Å². The van der Waals surface area contributed by atoms with Gasteiger partial charge in [0.15, 0.2) is 5.76 Å². The average Bonchev–Trinajstić information content (AvgIpc) is 3.20. The summed E-state index contributed by atoms with van der Waals surface area (Å²) in [6, 6.07) is 11.7. The van der Waals surface area contributed by atoms with Crippen molar-refractivity contribution in [3.05, 3.63) is 59.5 Å². The summed E-state index contributed by atoms with van der Waals surface area (Å²) in [4.78, 5) is 32.1. The minimum absolute atomic E-state index is 0.0777. The van der Waals surface area contributed by atoms with Gasteiger partial charge in [-0.2, -0.15) is 4.98 Å². The van der Waals surface area contributed by atoms with Crippen molar-refractivity contribution in [3.8, 4) is 17.1 Å². The number of benzene rings is 1. The predicted molar refractivity (Wildman–Crippen MR) is 102 cm³/mol. The van der Waals surface area contributed by atoms with Crippen LogP contribution in [0.15, 0.2) is 46.9 Å². The highest BCUT2D eigenvalue weighted by Gasteiger charge is 2.12. The Hall–Kier alpha value is -3.88. The zero-order chi connectivity index (χ0) is 20.1. The van der Waals surface area contributed by atoms with Gasteiger partial charge in [-0.05, 0) is 24.3 Å². The second kappa shape index (κ2) is 8.21. The van der Waals surface area contributed by atoms with Gasteiger partial charge >= 0.3 is 0 Å². The number of nitrogen functional groups attached to an aromatic ring is 1. The maximum atomic E-state index is 12.5. The predicted octanol–water partition coefficient (Wildman–Crippen LogP) is 1.62. The number of amides is 2. The first-order valence-corrected chi connectivity index (χ1v) is 8.38. The van der Waals surface area contributed by atoms with Gasteiger partial charge in [-0.15, -0.1) is 0 Å². The van der Waals surface area contributed by atoms with Crippen molar-refractivity contribution >= 4 is 17.8 Å². The van der Waals surface area contributed by atoms with E-state index in [9.17, 15) is 9.59 Å². The van der Waals surface area contributed by atoms with Crippen LogP contribution in [-0.4, -0.2) is 35.9 Å². The number of nitrogens with zero attached hydrogens (tertiary/aromatic N) is 2. The number of carbonyl (C=O) groups excluding carboxylic acids is 2. The van der Waals surface area contributed by atoms with Gasteiger partial charge in [0.05, 0.1) is 19.3 Å². The number of hydrogen-bond donors (Lipinski definition) is 3. The lowest BCUT2D eigenvalue weighted by Crippen LogP contribution is -2.22. The Morgan fingerprint density at radius 1 is 1.14 bits per heavy atom. The molecule has 1 aromatic carbocycles. The monoisotopic (exact) mass is 381 g/mol. The number of methoxy groups -OCH3 is 1. The number of ether oxygens (including phenoxy) is 1. The van der Waals surface area contributed by atoms with Crippen molar-refractivity contribution in [2.45, 2.75) is 6.54 Å². The Morgan fingerprint density at radius 2 is 1.96 bits per heavy atom. The van der Waals surface area contributed by atoms with Crippen LogP contribution in [0.1, 0.15) is 26.7 Å². The normalized spacial score (nSPS) is 10.4. The highest BCUT2D eigenvalue weighted by molar-refractivity contribution is 5.95. The quantitative estimate of drug-likeness (QED) is 0.591. The molecule has 2 amide bonds. The summed E-state index contributed by atoms with van der Waals surface area (Å²) in [6.07, 6.45) is 0. The number of nitrogens with one attached hydrogen (secondary N) is 2.